The van der Waals surface area contributed by atoms with E-state index >= 15 is 0 Å². The van der Waals surface area contributed by atoms with E-state index < -0.39 is 0 Å². The third-order valence-corrected chi connectivity index (χ3v) is 2.27. The van der Waals surface area contributed by atoms with Gasteiger partial charge in [-0.1, -0.05) is 24.8 Å². The number of hydrogen-bond donors (Lipinski definition) is 0. The molecule has 0 aliphatic heterocycles. The van der Waals surface area contributed by atoms with Crippen molar-refractivity contribution >= 4 is 11.8 Å². The lowest BCUT2D eigenvalue weighted by Crippen LogP contribution is -2.18. The van der Waals surface area contributed by atoms with E-state index in [0.29, 0.717) is 0 Å². The quantitative estimate of drug-likeness (QED) is 0.602. The summed E-state index contributed by atoms with van der Waals surface area (Å²) in [4.78, 5) is 2.15. The Morgan fingerprint density at radius 1 is 1.38 bits per heavy atom. The third kappa shape index (κ3) is 6.52. The maximum atomic E-state index is 3.97. The summed E-state index contributed by atoms with van der Waals surface area (Å²) in [5.74, 6) is 1.14. The second kappa shape index (κ2) is 6.84. The maximum Gasteiger partial charge on any atom is 0.0290 e. The second-order valence-corrected chi connectivity index (χ2v) is 4.07. The monoisotopic (exact) mass is 197 g/mol. The summed E-state index contributed by atoms with van der Waals surface area (Å²) in [5, 5.41) is 0. The van der Waals surface area contributed by atoms with E-state index in [1.165, 1.54) is 0 Å². The molecule has 0 aliphatic rings. The molecule has 0 aromatic carbocycles. The van der Waals surface area contributed by atoms with E-state index in [1.54, 1.807) is 0 Å². The summed E-state index contributed by atoms with van der Waals surface area (Å²) >= 11 is 1.85. The molecule has 0 unspecified atom stereocenters. The molecule has 0 saturated heterocycles. The van der Waals surface area contributed by atoms with Crippen LogP contribution >= 0.6 is 11.8 Å². The minimum absolute atomic E-state index is 1.04. The molecule has 0 N–H and O–H groups in total. The van der Waals surface area contributed by atoms with Gasteiger partial charge in [0.1, 0.15) is 0 Å². The molecule has 2 heteroatoms. The normalized spacial score (nSPS) is 10.4. The average Bonchev–Trinajstić information content (AvgIpc) is 2.10. The van der Waals surface area contributed by atoms with Gasteiger partial charge >= 0.3 is 0 Å². The summed E-state index contributed by atoms with van der Waals surface area (Å²) in [6.45, 7) is 10.8. The van der Waals surface area contributed by atoms with Crippen molar-refractivity contribution in [1.29, 1.82) is 0 Å². The number of allylic oxidation sites excluding steroid dienone is 3. The fourth-order valence-corrected chi connectivity index (χ4v) is 1.19. The first-order valence-electron chi connectivity index (χ1n) is 4.30. The van der Waals surface area contributed by atoms with Crippen LogP contribution in [0.5, 0.6) is 0 Å². The molecule has 74 valence electrons. The van der Waals surface area contributed by atoms with Crippen LogP contribution in [-0.4, -0.2) is 30.5 Å². The van der Waals surface area contributed by atoms with Gasteiger partial charge in [0.15, 0.2) is 0 Å². The lowest BCUT2D eigenvalue weighted by molar-refractivity contribution is 0.462. The SMILES string of the molecule is C=C(C)/C=C\C(=C)N(C)CCSC. The van der Waals surface area contributed by atoms with E-state index in [0.717, 1.165) is 23.6 Å². The molecule has 0 atom stereocenters. The van der Waals surface area contributed by atoms with Gasteiger partial charge in [0.05, 0.1) is 0 Å². The van der Waals surface area contributed by atoms with Gasteiger partial charge in [-0.25, -0.2) is 0 Å². The first kappa shape index (κ1) is 12.4. The van der Waals surface area contributed by atoms with E-state index in [4.69, 9.17) is 0 Å². The predicted molar refractivity (Wildman–Crippen MR) is 64.1 cm³/mol. The molecule has 0 spiro atoms. The Bertz CT molecular complexity index is 206. The topological polar surface area (TPSA) is 3.24 Å². The van der Waals surface area contributed by atoms with Crippen molar-refractivity contribution in [2.75, 3.05) is 25.6 Å². The highest BCUT2D eigenvalue weighted by molar-refractivity contribution is 7.98. The summed E-state index contributed by atoms with van der Waals surface area (Å²) in [5.41, 5.74) is 2.09. The first-order chi connectivity index (χ1) is 6.07. The highest BCUT2D eigenvalue weighted by Gasteiger charge is 1.96. The molecule has 0 amide bonds. The lowest BCUT2D eigenvalue weighted by atomic mass is 10.3. The number of rotatable bonds is 6. The Labute approximate surface area is 86.2 Å². The summed E-state index contributed by atoms with van der Waals surface area (Å²) < 4.78 is 0. The van der Waals surface area contributed by atoms with Crippen LogP contribution in [0.1, 0.15) is 6.92 Å². The van der Waals surface area contributed by atoms with Crippen LogP contribution in [0.3, 0.4) is 0 Å². The van der Waals surface area contributed by atoms with Crippen LogP contribution < -0.4 is 0 Å². The molecule has 13 heavy (non-hydrogen) atoms. The summed E-state index contributed by atoms with van der Waals surface area (Å²) in [7, 11) is 2.06. The molecule has 0 bridgehead atoms. The zero-order valence-electron chi connectivity index (χ0n) is 8.84. The number of hydrogen-bond acceptors (Lipinski definition) is 2. The van der Waals surface area contributed by atoms with E-state index in [2.05, 4.69) is 31.4 Å². The molecule has 1 nitrogen and oxygen atoms in total. The maximum absolute atomic E-state index is 3.97. The zero-order valence-corrected chi connectivity index (χ0v) is 9.66. The van der Waals surface area contributed by atoms with Crippen molar-refractivity contribution in [2.24, 2.45) is 0 Å². The van der Waals surface area contributed by atoms with Gasteiger partial charge in [-0.05, 0) is 19.3 Å². The van der Waals surface area contributed by atoms with Crippen LogP contribution in [-0.2, 0) is 0 Å². The van der Waals surface area contributed by atoms with Crippen LogP contribution in [0, 0.1) is 0 Å². The lowest BCUT2D eigenvalue weighted by Gasteiger charge is -2.18. The Kier molecular flexibility index (Phi) is 6.51. The highest BCUT2D eigenvalue weighted by Crippen LogP contribution is 2.03. The molecule has 0 saturated carbocycles. The van der Waals surface area contributed by atoms with Crippen LogP contribution in [0.15, 0.2) is 36.6 Å². The molecule has 0 radical (unpaired) electrons. The molecular formula is C11H19NS. The molecule has 0 fully saturated rings. The van der Waals surface area contributed by atoms with E-state index in [-0.39, 0.29) is 0 Å². The predicted octanol–water partition coefficient (Wildman–Crippen LogP) is 2.93. The van der Waals surface area contributed by atoms with Crippen LogP contribution in [0.2, 0.25) is 0 Å². The van der Waals surface area contributed by atoms with Gasteiger partial charge in [0, 0.05) is 25.0 Å². The Morgan fingerprint density at radius 2 is 2.00 bits per heavy atom. The molecule has 0 aromatic rings. The van der Waals surface area contributed by atoms with Crippen molar-refractivity contribution in [1.82, 2.24) is 4.90 Å². The Balaban J connectivity index is 3.89. The standard InChI is InChI=1S/C11H19NS/c1-10(2)6-7-11(3)12(4)8-9-13-5/h6-7H,1,3,8-9H2,2,4-5H3/b7-6-. The second-order valence-electron chi connectivity index (χ2n) is 3.09. The first-order valence-corrected chi connectivity index (χ1v) is 5.70. The van der Waals surface area contributed by atoms with Crippen molar-refractivity contribution in [3.63, 3.8) is 0 Å². The van der Waals surface area contributed by atoms with Crippen molar-refractivity contribution < 1.29 is 0 Å². The molecule has 0 aliphatic carbocycles. The molecule has 0 aromatic heterocycles. The van der Waals surface area contributed by atoms with Crippen molar-refractivity contribution in [2.45, 2.75) is 6.92 Å². The fourth-order valence-electron chi connectivity index (χ4n) is 0.738. The van der Waals surface area contributed by atoms with Crippen LogP contribution in [0.4, 0.5) is 0 Å². The van der Waals surface area contributed by atoms with Crippen molar-refractivity contribution in [3.05, 3.63) is 36.6 Å². The molecular weight excluding hydrogens is 178 g/mol. The van der Waals surface area contributed by atoms with Gasteiger partial charge < -0.3 is 4.90 Å². The summed E-state index contributed by atoms with van der Waals surface area (Å²) in [6.07, 6.45) is 6.10. The number of thioether (sulfide) groups is 1. The number of nitrogens with zero attached hydrogens (tertiary/aromatic N) is 1. The largest absolute Gasteiger partial charge is 0.374 e. The van der Waals surface area contributed by atoms with Gasteiger partial charge in [-0.15, -0.1) is 0 Å². The zero-order chi connectivity index (χ0) is 10.3. The van der Waals surface area contributed by atoms with Crippen molar-refractivity contribution in [3.8, 4) is 0 Å². The van der Waals surface area contributed by atoms with Gasteiger partial charge in [0.2, 0.25) is 0 Å². The molecule has 0 heterocycles. The number of likely N-dealkylation sites (N-methyl/N-ethyl adjacent to an activating group) is 1. The smallest absolute Gasteiger partial charge is 0.0290 e. The molecule has 0 rings (SSSR count). The summed E-state index contributed by atoms with van der Waals surface area (Å²) in [6, 6.07) is 0. The Hall–Kier alpha value is -0.630. The highest BCUT2D eigenvalue weighted by atomic mass is 32.2. The van der Waals surface area contributed by atoms with E-state index in [1.807, 2.05) is 30.8 Å². The van der Waals surface area contributed by atoms with Gasteiger partial charge in [0.25, 0.3) is 0 Å². The Morgan fingerprint density at radius 3 is 2.46 bits per heavy atom. The van der Waals surface area contributed by atoms with E-state index in [9.17, 15) is 0 Å². The minimum Gasteiger partial charge on any atom is -0.374 e. The van der Waals surface area contributed by atoms with Gasteiger partial charge in [-0.2, -0.15) is 11.8 Å². The van der Waals surface area contributed by atoms with Crippen LogP contribution in [0.25, 0.3) is 0 Å². The minimum atomic E-state index is 1.04. The fraction of sp³-hybridized carbons (Fsp3) is 0.455. The average molecular weight is 197 g/mol. The third-order valence-electron chi connectivity index (χ3n) is 1.68. The van der Waals surface area contributed by atoms with Gasteiger partial charge in [-0.3, -0.25) is 0 Å².